The molecule has 1 aromatic carbocycles. The van der Waals surface area contributed by atoms with Gasteiger partial charge in [0.25, 0.3) is 0 Å². The fourth-order valence-corrected chi connectivity index (χ4v) is 3.17. The van der Waals surface area contributed by atoms with Crippen molar-refractivity contribution in [3.63, 3.8) is 0 Å². The van der Waals surface area contributed by atoms with E-state index in [-0.39, 0.29) is 5.41 Å². The summed E-state index contributed by atoms with van der Waals surface area (Å²) in [5, 5.41) is 3.59. The molecule has 0 aliphatic carbocycles. The Bertz CT molecular complexity index is 415. The van der Waals surface area contributed by atoms with E-state index < -0.39 is 0 Å². The van der Waals surface area contributed by atoms with Gasteiger partial charge in [0, 0.05) is 31.1 Å². The average molecular weight is 257 g/mol. The predicted octanol–water partition coefficient (Wildman–Crippen LogP) is 2.74. The second-order valence-electron chi connectivity index (χ2n) is 5.15. The topological polar surface area (TPSA) is 21.3 Å². The van der Waals surface area contributed by atoms with E-state index in [9.17, 15) is 0 Å². The highest BCUT2D eigenvalue weighted by molar-refractivity contribution is 5.29. The Labute approximate surface area is 116 Å². The normalized spacial score (nSPS) is 19.6. The molecule has 1 unspecified atom stereocenters. The van der Waals surface area contributed by atoms with E-state index in [1.807, 2.05) is 0 Å². The molecule has 0 radical (unpaired) electrons. The molecule has 0 saturated carbocycles. The first kappa shape index (κ1) is 14.1. The lowest BCUT2D eigenvalue weighted by Gasteiger charge is -2.44. The number of hydrogen-bond donors (Lipinski definition) is 1. The molecule has 102 valence electrons. The molecule has 1 aliphatic rings. The van der Waals surface area contributed by atoms with Gasteiger partial charge in [0.05, 0.1) is 0 Å². The van der Waals surface area contributed by atoms with E-state index in [1.165, 1.54) is 5.56 Å². The van der Waals surface area contributed by atoms with Gasteiger partial charge in [-0.15, -0.1) is 12.3 Å². The second kappa shape index (κ2) is 6.75. The van der Waals surface area contributed by atoms with Gasteiger partial charge in [-0.05, 0) is 24.9 Å². The molecule has 2 nitrogen and oxygen atoms in total. The minimum Gasteiger partial charge on any atom is -0.381 e. The second-order valence-corrected chi connectivity index (χ2v) is 5.15. The number of benzene rings is 1. The van der Waals surface area contributed by atoms with Gasteiger partial charge in [-0.3, -0.25) is 0 Å². The summed E-state index contributed by atoms with van der Waals surface area (Å²) in [6, 6.07) is 11.1. The monoisotopic (exact) mass is 257 g/mol. The van der Waals surface area contributed by atoms with Crippen molar-refractivity contribution in [2.45, 2.75) is 37.6 Å². The molecule has 0 bridgehead atoms. The maximum atomic E-state index is 5.58. The lowest BCUT2D eigenvalue weighted by molar-refractivity contribution is 0.0353. The van der Waals surface area contributed by atoms with Crippen molar-refractivity contribution in [1.29, 1.82) is 0 Å². The van der Waals surface area contributed by atoms with Crippen molar-refractivity contribution in [2.24, 2.45) is 0 Å². The van der Waals surface area contributed by atoms with Crippen LogP contribution in [0.2, 0.25) is 0 Å². The molecule has 1 aliphatic heterocycles. The molecule has 1 atom stereocenters. The molecule has 1 saturated heterocycles. The van der Waals surface area contributed by atoms with Gasteiger partial charge < -0.3 is 10.1 Å². The minimum atomic E-state index is 0.113. The molecule has 1 fully saturated rings. The van der Waals surface area contributed by atoms with Gasteiger partial charge >= 0.3 is 0 Å². The maximum absolute atomic E-state index is 5.58. The lowest BCUT2D eigenvalue weighted by atomic mass is 9.68. The average Bonchev–Trinajstić information content (AvgIpc) is 2.49. The first-order valence-electron chi connectivity index (χ1n) is 7.13. The first-order chi connectivity index (χ1) is 9.33. The molecule has 2 heteroatoms. The van der Waals surface area contributed by atoms with Gasteiger partial charge in [0.15, 0.2) is 0 Å². The smallest absolute Gasteiger partial charge is 0.0475 e. The van der Waals surface area contributed by atoms with Crippen molar-refractivity contribution >= 4 is 0 Å². The lowest BCUT2D eigenvalue weighted by Crippen LogP contribution is -2.51. The van der Waals surface area contributed by atoms with Crippen LogP contribution in [0.5, 0.6) is 0 Å². The molecular formula is C17H23NO. The summed E-state index contributed by atoms with van der Waals surface area (Å²) in [7, 11) is 0. The predicted molar refractivity (Wildman–Crippen MR) is 79.1 cm³/mol. The van der Waals surface area contributed by atoms with Gasteiger partial charge in [0.2, 0.25) is 0 Å². The first-order valence-corrected chi connectivity index (χ1v) is 7.13. The number of terminal acetylenes is 1. The molecule has 19 heavy (non-hydrogen) atoms. The Morgan fingerprint density at radius 2 is 2.00 bits per heavy atom. The highest BCUT2D eigenvalue weighted by Gasteiger charge is 2.40. The summed E-state index contributed by atoms with van der Waals surface area (Å²) >= 11 is 0. The van der Waals surface area contributed by atoms with Crippen molar-refractivity contribution < 1.29 is 4.74 Å². The number of hydrogen-bond acceptors (Lipinski definition) is 2. The maximum Gasteiger partial charge on any atom is 0.0475 e. The number of likely N-dealkylation sites (N-methyl/N-ethyl adjacent to an activating group) is 1. The minimum absolute atomic E-state index is 0.113. The van der Waals surface area contributed by atoms with Crippen LogP contribution in [0.15, 0.2) is 30.3 Å². The standard InChI is InChI=1S/C17H23NO/c1-3-8-16(18-4-2)17(11-13-19-14-12-17)15-9-6-5-7-10-15/h1,5-7,9-10,16,18H,4,8,11-14H2,2H3. The van der Waals surface area contributed by atoms with E-state index in [1.54, 1.807) is 0 Å². The van der Waals surface area contributed by atoms with Gasteiger partial charge in [-0.2, -0.15) is 0 Å². The van der Waals surface area contributed by atoms with Crippen LogP contribution in [0.4, 0.5) is 0 Å². The molecule has 2 rings (SSSR count). The molecule has 0 amide bonds. The molecule has 0 spiro atoms. The summed E-state index contributed by atoms with van der Waals surface area (Å²) < 4.78 is 5.57. The van der Waals surface area contributed by atoms with Crippen LogP contribution in [0.25, 0.3) is 0 Å². The highest BCUT2D eigenvalue weighted by atomic mass is 16.5. The highest BCUT2D eigenvalue weighted by Crippen LogP contribution is 2.39. The van der Waals surface area contributed by atoms with Crippen molar-refractivity contribution in [3.8, 4) is 12.3 Å². The SMILES string of the molecule is C#CCC(NCC)C1(c2ccccc2)CCOCC1. The molecule has 1 aromatic rings. The molecule has 1 N–H and O–H groups in total. The summed E-state index contributed by atoms with van der Waals surface area (Å²) in [6.07, 6.45) is 8.42. The van der Waals surface area contributed by atoms with Crippen molar-refractivity contribution in [2.75, 3.05) is 19.8 Å². The van der Waals surface area contributed by atoms with Crippen molar-refractivity contribution in [3.05, 3.63) is 35.9 Å². The van der Waals surface area contributed by atoms with E-state index in [4.69, 9.17) is 11.2 Å². The summed E-state index contributed by atoms with van der Waals surface area (Å²) in [6.45, 7) is 4.73. The third kappa shape index (κ3) is 3.00. The number of rotatable bonds is 5. The number of nitrogens with one attached hydrogen (secondary N) is 1. The van der Waals surface area contributed by atoms with Crippen LogP contribution in [-0.2, 0) is 10.2 Å². The Kier molecular flexibility index (Phi) is 5.01. The van der Waals surface area contributed by atoms with Crippen LogP contribution in [0.3, 0.4) is 0 Å². The van der Waals surface area contributed by atoms with Crippen molar-refractivity contribution in [1.82, 2.24) is 5.32 Å². The largest absolute Gasteiger partial charge is 0.381 e. The van der Waals surface area contributed by atoms with Gasteiger partial charge in [-0.25, -0.2) is 0 Å². The van der Waals surface area contributed by atoms with Crippen LogP contribution in [0.1, 0.15) is 31.7 Å². The summed E-state index contributed by atoms with van der Waals surface area (Å²) in [5.41, 5.74) is 1.50. The Morgan fingerprint density at radius 3 is 2.58 bits per heavy atom. The third-order valence-corrected chi connectivity index (χ3v) is 4.17. The van der Waals surface area contributed by atoms with Crippen LogP contribution in [-0.4, -0.2) is 25.8 Å². The Balaban J connectivity index is 2.35. The van der Waals surface area contributed by atoms with E-state index >= 15 is 0 Å². The third-order valence-electron chi connectivity index (χ3n) is 4.17. The zero-order valence-corrected chi connectivity index (χ0v) is 11.7. The fourth-order valence-electron chi connectivity index (χ4n) is 3.17. The summed E-state index contributed by atoms with van der Waals surface area (Å²) in [4.78, 5) is 0. The van der Waals surface area contributed by atoms with Gasteiger partial charge in [0.1, 0.15) is 0 Å². The Morgan fingerprint density at radius 1 is 1.32 bits per heavy atom. The zero-order chi connectivity index (χ0) is 13.6. The van der Waals surface area contributed by atoms with Crippen LogP contribution in [0, 0.1) is 12.3 Å². The quantitative estimate of drug-likeness (QED) is 0.819. The zero-order valence-electron chi connectivity index (χ0n) is 11.7. The van der Waals surface area contributed by atoms with Gasteiger partial charge in [-0.1, -0.05) is 37.3 Å². The van der Waals surface area contributed by atoms with Crippen LogP contribution >= 0.6 is 0 Å². The van der Waals surface area contributed by atoms with E-state index in [0.717, 1.165) is 39.0 Å². The molecule has 1 heterocycles. The number of ether oxygens (including phenoxy) is 1. The van der Waals surface area contributed by atoms with E-state index in [0.29, 0.717) is 6.04 Å². The molecular weight excluding hydrogens is 234 g/mol. The van der Waals surface area contributed by atoms with E-state index in [2.05, 4.69) is 48.5 Å². The van der Waals surface area contributed by atoms with Crippen LogP contribution < -0.4 is 5.32 Å². The summed E-state index contributed by atoms with van der Waals surface area (Å²) in [5.74, 6) is 2.84. The fraction of sp³-hybridized carbons (Fsp3) is 0.529. The molecule has 0 aromatic heterocycles. The Hall–Kier alpha value is -1.30.